The second kappa shape index (κ2) is 10.8. The molecule has 0 spiro atoms. The lowest BCUT2D eigenvalue weighted by molar-refractivity contribution is -0.664. The molecule has 2 nitrogen and oxygen atoms in total. The molecule has 0 saturated heterocycles. The summed E-state index contributed by atoms with van der Waals surface area (Å²) in [6.07, 6.45) is 0. The fourth-order valence-corrected chi connectivity index (χ4v) is 0.763. The molecule has 72 valence electrons. The Morgan fingerprint density at radius 3 is 1.58 bits per heavy atom. The first kappa shape index (κ1) is 14.3. The summed E-state index contributed by atoms with van der Waals surface area (Å²) in [5.74, 6) is 1.67. The van der Waals surface area contributed by atoms with Crippen LogP contribution in [0.1, 0.15) is 27.7 Å². The zero-order valence-electron chi connectivity index (χ0n) is 8.50. The molecule has 0 fully saturated rings. The summed E-state index contributed by atoms with van der Waals surface area (Å²) in [7, 11) is 0. The van der Waals surface area contributed by atoms with E-state index in [1.54, 1.807) is 0 Å². The third kappa shape index (κ3) is 22.6. The van der Waals surface area contributed by atoms with Crippen LogP contribution in [-0.4, -0.2) is 18.3 Å². The van der Waals surface area contributed by atoms with Gasteiger partial charge in [-0.1, -0.05) is 39.9 Å². The lowest BCUT2D eigenvalue weighted by Gasteiger charge is -2.05. The summed E-state index contributed by atoms with van der Waals surface area (Å²) < 4.78 is 0. The average Bonchev–Trinajstić information content (AvgIpc) is 1.87. The molecule has 0 aliphatic carbocycles. The number of isothiocyanates is 1. The first-order chi connectivity index (χ1) is 5.54. The molecule has 0 bridgehead atoms. The largest absolute Gasteiger partial charge is 0.753 e. The van der Waals surface area contributed by atoms with Gasteiger partial charge in [0.2, 0.25) is 0 Å². The van der Waals surface area contributed by atoms with Crippen molar-refractivity contribution >= 4 is 17.4 Å². The molecule has 0 aliphatic heterocycles. The SMILES string of the molecule is CC(C)C[NH2+]CC(C)C.[N-]=C=S. The average molecular weight is 188 g/mol. The summed E-state index contributed by atoms with van der Waals surface area (Å²) in [4.78, 5) is 0. The standard InChI is InChI=1S/C8H19N.CNS/c1-7(2)5-9-6-8(3)4;2-1-3/h7-9H,5-6H2,1-4H3;/q;-1/p+1. The first-order valence-electron chi connectivity index (χ1n) is 4.37. The van der Waals surface area contributed by atoms with Crippen LogP contribution >= 0.6 is 12.2 Å². The number of nitrogens with two attached hydrogens (primary N) is 1. The van der Waals surface area contributed by atoms with Crippen LogP contribution in [0.3, 0.4) is 0 Å². The van der Waals surface area contributed by atoms with Crippen molar-refractivity contribution in [2.45, 2.75) is 27.7 Å². The van der Waals surface area contributed by atoms with Crippen molar-refractivity contribution in [2.75, 3.05) is 13.1 Å². The highest BCUT2D eigenvalue weighted by Crippen LogP contribution is 1.84. The van der Waals surface area contributed by atoms with Crippen LogP contribution in [0.4, 0.5) is 0 Å². The van der Waals surface area contributed by atoms with Gasteiger partial charge in [-0.15, -0.1) is 0 Å². The fourth-order valence-electron chi connectivity index (χ4n) is 0.763. The molecule has 0 aromatic rings. The second-order valence-electron chi connectivity index (χ2n) is 3.64. The van der Waals surface area contributed by atoms with Crippen LogP contribution in [0.2, 0.25) is 0 Å². The van der Waals surface area contributed by atoms with Crippen LogP contribution in [0.25, 0.3) is 5.41 Å². The lowest BCUT2D eigenvalue weighted by atomic mass is 10.2. The van der Waals surface area contributed by atoms with Crippen LogP contribution < -0.4 is 5.32 Å². The van der Waals surface area contributed by atoms with Gasteiger partial charge in [0.25, 0.3) is 0 Å². The Morgan fingerprint density at radius 2 is 1.42 bits per heavy atom. The maximum atomic E-state index is 7.13. The Balaban J connectivity index is 0. The van der Waals surface area contributed by atoms with Crippen molar-refractivity contribution in [1.29, 1.82) is 0 Å². The molecule has 0 aliphatic rings. The van der Waals surface area contributed by atoms with Crippen LogP contribution in [0.15, 0.2) is 0 Å². The topological polar surface area (TPSA) is 38.9 Å². The van der Waals surface area contributed by atoms with Crippen LogP contribution in [-0.2, 0) is 0 Å². The van der Waals surface area contributed by atoms with E-state index in [9.17, 15) is 0 Å². The third-order valence-electron chi connectivity index (χ3n) is 1.28. The lowest BCUT2D eigenvalue weighted by Crippen LogP contribution is -2.86. The predicted molar refractivity (Wildman–Crippen MR) is 57.3 cm³/mol. The molecule has 0 atom stereocenters. The molecule has 12 heavy (non-hydrogen) atoms. The minimum Gasteiger partial charge on any atom is -0.753 e. The highest BCUT2D eigenvalue weighted by Gasteiger charge is 1.97. The molecule has 0 amide bonds. The third-order valence-corrected chi connectivity index (χ3v) is 1.28. The Hall–Kier alpha value is -0.240. The van der Waals surface area contributed by atoms with Gasteiger partial charge in [0.1, 0.15) is 0 Å². The second-order valence-corrected chi connectivity index (χ2v) is 3.82. The molecule has 0 saturated carbocycles. The molecular formula is C9H20N2S. The number of rotatable bonds is 4. The molecule has 0 aromatic heterocycles. The van der Waals surface area contributed by atoms with Crippen molar-refractivity contribution in [3.63, 3.8) is 0 Å². The van der Waals surface area contributed by atoms with Crippen molar-refractivity contribution in [1.82, 2.24) is 0 Å². The number of hydrogen-bond donors (Lipinski definition) is 1. The molecule has 0 radical (unpaired) electrons. The predicted octanol–water partition coefficient (Wildman–Crippen LogP) is 1.52. The Kier molecular flexibility index (Phi) is 12.8. The molecule has 2 N–H and O–H groups in total. The van der Waals surface area contributed by atoms with Gasteiger partial charge in [0, 0.05) is 11.8 Å². The molecule has 0 rings (SSSR count). The van der Waals surface area contributed by atoms with Gasteiger partial charge >= 0.3 is 0 Å². The minimum absolute atomic E-state index is 0.837. The van der Waals surface area contributed by atoms with Gasteiger partial charge < -0.3 is 10.7 Å². The fraction of sp³-hybridized carbons (Fsp3) is 0.889. The van der Waals surface area contributed by atoms with Gasteiger partial charge in [-0.2, -0.15) is 5.16 Å². The van der Waals surface area contributed by atoms with Crippen molar-refractivity contribution in [3.05, 3.63) is 5.41 Å². The number of thiocarbonyl (C=S) groups is 1. The van der Waals surface area contributed by atoms with Gasteiger partial charge in [0.15, 0.2) is 0 Å². The van der Waals surface area contributed by atoms with Gasteiger partial charge in [-0.3, -0.25) is 0 Å². The van der Waals surface area contributed by atoms with E-state index >= 15 is 0 Å². The number of quaternary nitrogens is 1. The zero-order valence-corrected chi connectivity index (χ0v) is 9.32. The smallest absolute Gasteiger partial charge is 0.0778 e. The summed E-state index contributed by atoms with van der Waals surface area (Å²) in [5.41, 5.74) is 0. The van der Waals surface area contributed by atoms with E-state index in [0.717, 1.165) is 11.8 Å². The maximum Gasteiger partial charge on any atom is 0.0778 e. The highest BCUT2D eigenvalue weighted by atomic mass is 32.1. The molecule has 3 heteroatoms. The molecule has 0 aromatic carbocycles. The van der Waals surface area contributed by atoms with E-state index < -0.39 is 0 Å². The zero-order chi connectivity index (χ0) is 9.98. The summed E-state index contributed by atoms with van der Waals surface area (Å²) in [5, 5.41) is 10.9. The van der Waals surface area contributed by atoms with E-state index in [-0.39, 0.29) is 0 Å². The van der Waals surface area contributed by atoms with E-state index in [4.69, 9.17) is 5.41 Å². The normalized spacial score (nSPS) is 9.17. The summed E-state index contributed by atoms with van der Waals surface area (Å²) in [6, 6.07) is 0. The van der Waals surface area contributed by atoms with E-state index in [2.05, 4.69) is 45.2 Å². The minimum atomic E-state index is 0.837. The quantitative estimate of drug-likeness (QED) is 0.527. The van der Waals surface area contributed by atoms with Crippen molar-refractivity contribution in [2.24, 2.45) is 11.8 Å². The van der Waals surface area contributed by atoms with Gasteiger partial charge in [-0.05, 0) is 0 Å². The van der Waals surface area contributed by atoms with Crippen molar-refractivity contribution in [3.8, 4) is 0 Å². The maximum absolute atomic E-state index is 7.13. The monoisotopic (exact) mass is 188 g/mol. The van der Waals surface area contributed by atoms with Gasteiger partial charge in [0.05, 0.1) is 13.1 Å². The number of nitrogens with zero attached hydrogens (tertiary/aromatic N) is 1. The highest BCUT2D eigenvalue weighted by molar-refractivity contribution is 7.78. The van der Waals surface area contributed by atoms with E-state index in [1.165, 1.54) is 18.3 Å². The summed E-state index contributed by atoms with van der Waals surface area (Å²) >= 11 is 3.70. The molecule has 0 heterocycles. The molecule has 0 unspecified atom stereocenters. The van der Waals surface area contributed by atoms with Crippen molar-refractivity contribution < 1.29 is 5.32 Å². The Bertz CT molecular complexity index is 108. The van der Waals surface area contributed by atoms with Gasteiger partial charge in [-0.25, -0.2) is 0 Å². The van der Waals surface area contributed by atoms with E-state index in [0.29, 0.717) is 0 Å². The number of hydrogen-bond acceptors (Lipinski definition) is 1. The summed E-state index contributed by atoms with van der Waals surface area (Å²) in [6.45, 7) is 11.6. The van der Waals surface area contributed by atoms with Crippen LogP contribution in [0.5, 0.6) is 0 Å². The Labute approximate surface area is 81.3 Å². The van der Waals surface area contributed by atoms with E-state index in [1.807, 2.05) is 0 Å². The van der Waals surface area contributed by atoms with Crippen LogP contribution in [0, 0.1) is 11.8 Å². The molecular weight excluding hydrogens is 168 g/mol. The Morgan fingerprint density at radius 1 is 1.17 bits per heavy atom. The first-order valence-corrected chi connectivity index (χ1v) is 4.78.